The minimum atomic E-state index is -0.447. The number of fused-ring (bicyclic) bond motifs is 1. The molecular weight excluding hydrogens is 240 g/mol. The van der Waals surface area contributed by atoms with Gasteiger partial charge in [-0.2, -0.15) is 0 Å². The molecular formula is C15H20N2O2. The molecule has 2 aliphatic rings. The van der Waals surface area contributed by atoms with E-state index >= 15 is 0 Å². The highest BCUT2D eigenvalue weighted by Crippen LogP contribution is 2.36. The molecule has 1 unspecified atom stereocenters. The lowest BCUT2D eigenvalue weighted by Crippen LogP contribution is -2.48. The summed E-state index contributed by atoms with van der Waals surface area (Å²) >= 11 is 0. The van der Waals surface area contributed by atoms with Gasteiger partial charge in [0, 0.05) is 6.04 Å². The number of rotatable bonds is 5. The Balaban J connectivity index is 1.68. The van der Waals surface area contributed by atoms with Gasteiger partial charge in [-0.3, -0.25) is 10.1 Å². The standard InChI is InChI=1S/C15H20N2O2/c18-10-15(16-9-14(19)17-12-5-6-12)8-7-11-3-1-2-4-13(11)15/h1-4,12,16,18H,5-10H2,(H,17,19). The third kappa shape index (κ3) is 2.51. The summed E-state index contributed by atoms with van der Waals surface area (Å²) in [6, 6.07) is 8.53. The van der Waals surface area contributed by atoms with Gasteiger partial charge in [0.25, 0.3) is 0 Å². The summed E-state index contributed by atoms with van der Waals surface area (Å²) in [6.45, 7) is 0.298. The zero-order valence-corrected chi connectivity index (χ0v) is 11.0. The molecule has 1 aromatic carbocycles. The highest BCUT2D eigenvalue weighted by Gasteiger charge is 2.38. The van der Waals surface area contributed by atoms with Gasteiger partial charge in [-0.25, -0.2) is 0 Å². The molecule has 3 N–H and O–H groups in total. The third-order valence-electron chi connectivity index (χ3n) is 4.15. The number of benzene rings is 1. The second-order valence-electron chi connectivity index (χ2n) is 5.59. The summed E-state index contributed by atoms with van der Waals surface area (Å²) < 4.78 is 0. The minimum absolute atomic E-state index is 0.0275. The second kappa shape index (κ2) is 4.94. The van der Waals surface area contributed by atoms with Crippen molar-refractivity contribution >= 4 is 5.91 Å². The predicted octanol–water partition coefficient (Wildman–Crippen LogP) is 0.689. The number of hydrogen-bond acceptors (Lipinski definition) is 3. The molecule has 1 amide bonds. The Morgan fingerprint density at radius 2 is 2.16 bits per heavy atom. The summed E-state index contributed by atoms with van der Waals surface area (Å²) in [5.74, 6) is 0.0275. The fourth-order valence-electron chi connectivity index (χ4n) is 2.85. The number of carbonyl (C=O) groups is 1. The van der Waals surface area contributed by atoms with Crippen molar-refractivity contribution in [2.45, 2.75) is 37.3 Å². The Morgan fingerprint density at radius 1 is 1.37 bits per heavy atom. The molecule has 0 heterocycles. The summed E-state index contributed by atoms with van der Waals surface area (Å²) in [7, 11) is 0. The van der Waals surface area contributed by atoms with Crippen LogP contribution in [0.1, 0.15) is 30.4 Å². The van der Waals surface area contributed by atoms with E-state index in [4.69, 9.17) is 0 Å². The minimum Gasteiger partial charge on any atom is -0.394 e. The van der Waals surface area contributed by atoms with Crippen molar-refractivity contribution in [2.75, 3.05) is 13.2 Å². The lowest BCUT2D eigenvalue weighted by molar-refractivity contribution is -0.120. The van der Waals surface area contributed by atoms with E-state index in [0.717, 1.165) is 31.2 Å². The fourth-order valence-corrected chi connectivity index (χ4v) is 2.85. The maximum absolute atomic E-state index is 11.8. The molecule has 0 spiro atoms. The van der Waals surface area contributed by atoms with Crippen LogP contribution < -0.4 is 10.6 Å². The Bertz CT molecular complexity index is 485. The maximum atomic E-state index is 11.8. The van der Waals surface area contributed by atoms with Gasteiger partial charge >= 0.3 is 0 Å². The van der Waals surface area contributed by atoms with Crippen molar-refractivity contribution in [3.63, 3.8) is 0 Å². The van der Waals surface area contributed by atoms with E-state index in [1.54, 1.807) is 0 Å². The highest BCUT2D eigenvalue weighted by molar-refractivity contribution is 5.78. The van der Waals surface area contributed by atoms with Crippen LogP contribution in [0, 0.1) is 0 Å². The number of nitrogens with one attached hydrogen (secondary N) is 2. The van der Waals surface area contributed by atoms with Crippen LogP contribution in [0.4, 0.5) is 0 Å². The Kier molecular flexibility index (Phi) is 3.29. The van der Waals surface area contributed by atoms with Crippen LogP contribution in [0.25, 0.3) is 0 Å². The van der Waals surface area contributed by atoms with Gasteiger partial charge in [-0.1, -0.05) is 24.3 Å². The molecule has 0 bridgehead atoms. The second-order valence-corrected chi connectivity index (χ2v) is 5.59. The van der Waals surface area contributed by atoms with E-state index in [1.807, 2.05) is 18.2 Å². The first-order chi connectivity index (χ1) is 9.23. The predicted molar refractivity (Wildman–Crippen MR) is 72.7 cm³/mol. The summed E-state index contributed by atoms with van der Waals surface area (Å²) in [5.41, 5.74) is 1.96. The normalized spacial score (nSPS) is 25.1. The maximum Gasteiger partial charge on any atom is 0.234 e. The number of aliphatic hydroxyl groups excluding tert-OH is 1. The van der Waals surface area contributed by atoms with E-state index in [0.29, 0.717) is 6.04 Å². The Hall–Kier alpha value is -1.39. The zero-order chi connectivity index (χ0) is 13.3. The molecule has 1 saturated carbocycles. The lowest BCUT2D eigenvalue weighted by Gasteiger charge is -2.29. The Morgan fingerprint density at radius 3 is 2.89 bits per heavy atom. The van der Waals surface area contributed by atoms with Crippen LogP contribution in [0.2, 0.25) is 0 Å². The van der Waals surface area contributed by atoms with Crippen LogP contribution in [-0.2, 0) is 16.8 Å². The molecule has 3 rings (SSSR count). The van der Waals surface area contributed by atoms with Gasteiger partial charge in [0.1, 0.15) is 0 Å². The highest BCUT2D eigenvalue weighted by atomic mass is 16.3. The first-order valence-corrected chi connectivity index (χ1v) is 6.97. The SMILES string of the molecule is O=C(CNC1(CO)CCc2ccccc21)NC1CC1. The van der Waals surface area contributed by atoms with E-state index in [1.165, 1.54) is 5.56 Å². The van der Waals surface area contributed by atoms with Gasteiger partial charge in [0.05, 0.1) is 18.7 Å². The van der Waals surface area contributed by atoms with E-state index in [-0.39, 0.29) is 19.1 Å². The largest absolute Gasteiger partial charge is 0.394 e. The van der Waals surface area contributed by atoms with Gasteiger partial charge in [-0.05, 0) is 36.8 Å². The van der Waals surface area contributed by atoms with Crippen molar-refractivity contribution in [3.8, 4) is 0 Å². The summed E-state index contributed by atoms with van der Waals surface area (Å²) in [6.07, 6.45) is 3.99. The van der Waals surface area contributed by atoms with Gasteiger partial charge < -0.3 is 10.4 Å². The van der Waals surface area contributed by atoms with Crippen LogP contribution >= 0.6 is 0 Å². The quantitative estimate of drug-likeness (QED) is 0.730. The molecule has 102 valence electrons. The van der Waals surface area contributed by atoms with Gasteiger partial charge in [0.2, 0.25) is 5.91 Å². The molecule has 2 aliphatic carbocycles. The first-order valence-electron chi connectivity index (χ1n) is 6.97. The van der Waals surface area contributed by atoms with Gasteiger partial charge in [-0.15, -0.1) is 0 Å². The molecule has 0 aromatic heterocycles. The van der Waals surface area contributed by atoms with Crippen molar-refractivity contribution < 1.29 is 9.90 Å². The van der Waals surface area contributed by atoms with Crippen LogP contribution in [0.5, 0.6) is 0 Å². The van der Waals surface area contributed by atoms with E-state index in [2.05, 4.69) is 16.7 Å². The van der Waals surface area contributed by atoms with Gasteiger partial charge in [0.15, 0.2) is 0 Å². The number of amides is 1. The zero-order valence-electron chi connectivity index (χ0n) is 11.0. The van der Waals surface area contributed by atoms with Crippen LogP contribution in [0.15, 0.2) is 24.3 Å². The molecule has 1 atom stereocenters. The molecule has 1 aromatic rings. The molecule has 0 aliphatic heterocycles. The number of hydrogen-bond donors (Lipinski definition) is 3. The monoisotopic (exact) mass is 260 g/mol. The van der Waals surface area contributed by atoms with Crippen LogP contribution in [-0.4, -0.2) is 30.2 Å². The topological polar surface area (TPSA) is 61.4 Å². The number of carbonyl (C=O) groups excluding carboxylic acids is 1. The molecule has 0 saturated heterocycles. The fraction of sp³-hybridized carbons (Fsp3) is 0.533. The molecule has 4 nitrogen and oxygen atoms in total. The molecule has 4 heteroatoms. The summed E-state index contributed by atoms with van der Waals surface area (Å²) in [4.78, 5) is 11.8. The molecule has 1 fully saturated rings. The van der Waals surface area contributed by atoms with Crippen LogP contribution in [0.3, 0.4) is 0 Å². The number of aliphatic hydroxyl groups is 1. The van der Waals surface area contributed by atoms with E-state index in [9.17, 15) is 9.90 Å². The van der Waals surface area contributed by atoms with Crippen molar-refractivity contribution in [1.29, 1.82) is 0 Å². The average molecular weight is 260 g/mol. The third-order valence-corrected chi connectivity index (χ3v) is 4.15. The summed E-state index contributed by atoms with van der Waals surface area (Å²) in [5, 5.41) is 16.0. The molecule has 0 radical (unpaired) electrons. The Labute approximate surface area is 113 Å². The van der Waals surface area contributed by atoms with Crippen molar-refractivity contribution in [1.82, 2.24) is 10.6 Å². The average Bonchev–Trinajstić information content (AvgIpc) is 3.17. The molecule has 19 heavy (non-hydrogen) atoms. The first kappa shape index (κ1) is 12.6. The number of aryl methyl sites for hydroxylation is 1. The smallest absolute Gasteiger partial charge is 0.234 e. The van der Waals surface area contributed by atoms with E-state index < -0.39 is 5.54 Å². The van der Waals surface area contributed by atoms with Crippen molar-refractivity contribution in [3.05, 3.63) is 35.4 Å². The lowest BCUT2D eigenvalue weighted by atomic mass is 9.92. The van der Waals surface area contributed by atoms with Crippen molar-refractivity contribution in [2.24, 2.45) is 0 Å².